The van der Waals surface area contributed by atoms with Crippen molar-refractivity contribution < 1.29 is 13.3 Å². The van der Waals surface area contributed by atoms with Crippen molar-refractivity contribution in [3.63, 3.8) is 0 Å². The molecule has 0 aliphatic carbocycles. The summed E-state index contributed by atoms with van der Waals surface area (Å²) in [4.78, 5) is 0. The predicted molar refractivity (Wildman–Crippen MR) is 70.0 cm³/mol. The monoisotopic (exact) mass is 258 g/mol. The molecule has 1 atom stereocenters. The first-order valence-electron chi connectivity index (χ1n) is 5.36. The molecule has 3 nitrogen and oxygen atoms in total. The average Bonchev–Trinajstić information content (AvgIpc) is 2.17. The van der Waals surface area contributed by atoms with Gasteiger partial charge in [0.15, 0.2) is 8.32 Å². The Balaban J connectivity index is 2.58. The summed E-state index contributed by atoms with van der Waals surface area (Å²) in [6, 6.07) is 9.63. The van der Waals surface area contributed by atoms with E-state index >= 15 is 0 Å². The van der Waals surface area contributed by atoms with Crippen molar-refractivity contribution in [1.29, 1.82) is 0 Å². The van der Waals surface area contributed by atoms with E-state index in [1.807, 2.05) is 37.3 Å². The van der Waals surface area contributed by atoms with Gasteiger partial charge in [-0.2, -0.15) is 0 Å². The van der Waals surface area contributed by atoms with Gasteiger partial charge in [-0.15, -0.1) is 0 Å². The van der Waals surface area contributed by atoms with Crippen molar-refractivity contribution in [2.75, 3.05) is 6.61 Å². The van der Waals surface area contributed by atoms with Gasteiger partial charge in [0.1, 0.15) is 5.75 Å². The molecule has 0 spiro atoms. The van der Waals surface area contributed by atoms with E-state index in [2.05, 4.69) is 19.6 Å². The number of hydrogen-bond donors (Lipinski definition) is 0. The van der Waals surface area contributed by atoms with Crippen molar-refractivity contribution >= 4 is 16.9 Å². The highest BCUT2D eigenvalue weighted by atomic mass is 31.2. The van der Waals surface area contributed by atoms with Crippen molar-refractivity contribution in [3.05, 3.63) is 30.3 Å². The second-order valence-electron chi connectivity index (χ2n) is 4.25. The molecule has 1 aromatic carbocycles. The van der Waals surface area contributed by atoms with Crippen LogP contribution in [0.15, 0.2) is 30.3 Å². The van der Waals surface area contributed by atoms with Crippen LogP contribution in [0, 0.1) is 0 Å². The highest BCUT2D eigenvalue weighted by Gasteiger charge is 2.24. The van der Waals surface area contributed by atoms with Crippen LogP contribution >= 0.6 is 8.60 Å². The molecule has 0 aliphatic rings. The van der Waals surface area contributed by atoms with E-state index in [1.54, 1.807) is 0 Å². The van der Waals surface area contributed by atoms with Crippen molar-refractivity contribution in [1.82, 2.24) is 0 Å². The third-order valence-corrected chi connectivity index (χ3v) is 5.12. The summed E-state index contributed by atoms with van der Waals surface area (Å²) in [5.41, 5.74) is 0. The van der Waals surface area contributed by atoms with Gasteiger partial charge in [-0.25, -0.2) is 0 Å². The van der Waals surface area contributed by atoms with Gasteiger partial charge in [-0.3, -0.25) is 0 Å². The maximum atomic E-state index is 5.84. The molecular formula is C11H19O3PSi. The summed E-state index contributed by atoms with van der Waals surface area (Å²) >= 11 is 0. The molecule has 1 rings (SSSR count). The molecule has 0 heterocycles. The van der Waals surface area contributed by atoms with E-state index in [1.165, 1.54) is 0 Å². The fourth-order valence-electron chi connectivity index (χ4n) is 0.968. The molecule has 0 aliphatic heterocycles. The third-order valence-electron chi connectivity index (χ3n) is 1.51. The van der Waals surface area contributed by atoms with Crippen LogP contribution in [0.2, 0.25) is 19.6 Å². The van der Waals surface area contributed by atoms with E-state index in [0.29, 0.717) is 6.61 Å². The average molecular weight is 258 g/mol. The van der Waals surface area contributed by atoms with Gasteiger partial charge in [0.25, 0.3) is 0 Å². The van der Waals surface area contributed by atoms with Crippen LogP contribution in [0.25, 0.3) is 0 Å². The van der Waals surface area contributed by atoms with Crippen LogP contribution in [0.5, 0.6) is 5.75 Å². The molecule has 0 fully saturated rings. The Morgan fingerprint density at radius 3 is 2.25 bits per heavy atom. The lowest BCUT2D eigenvalue weighted by Gasteiger charge is -2.23. The summed E-state index contributed by atoms with van der Waals surface area (Å²) in [5.74, 6) is 0.792. The van der Waals surface area contributed by atoms with E-state index in [-0.39, 0.29) is 0 Å². The quantitative estimate of drug-likeness (QED) is 0.566. The van der Waals surface area contributed by atoms with Crippen LogP contribution in [-0.2, 0) is 8.74 Å². The summed E-state index contributed by atoms with van der Waals surface area (Å²) in [6.07, 6.45) is 0. The molecular weight excluding hydrogens is 239 g/mol. The Morgan fingerprint density at radius 2 is 1.75 bits per heavy atom. The molecule has 0 N–H and O–H groups in total. The summed E-state index contributed by atoms with van der Waals surface area (Å²) in [6.45, 7) is 8.90. The van der Waals surface area contributed by atoms with Crippen LogP contribution in [0.1, 0.15) is 6.92 Å². The number of benzene rings is 1. The maximum Gasteiger partial charge on any atom is 0.386 e. The minimum Gasteiger partial charge on any atom is -0.427 e. The highest BCUT2D eigenvalue weighted by molar-refractivity contribution is 7.44. The van der Waals surface area contributed by atoms with Gasteiger partial charge in [-0.05, 0) is 38.7 Å². The van der Waals surface area contributed by atoms with E-state index in [4.69, 9.17) is 13.3 Å². The smallest absolute Gasteiger partial charge is 0.386 e. The van der Waals surface area contributed by atoms with E-state index in [9.17, 15) is 0 Å². The molecule has 0 radical (unpaired) electrons. The van der Waals surface area contributed by atoms with Crippen LogP contribution < -0.4 is 4.52 Å². The Bertz CT molecular complexity index is 300. The minimum absolute atomic E-state index is 0.600. The van der Waals surface area contributed by atoms with E-state index in [0.717, 1.165) is 5.75 Å². The standard InChI is InChI=1S/C11H19O3PSi/c1-5-12-15(14-16(2,3)4)13-11-9-7-6-8-10-11/h6-10H,5H2,1-4H3. The second-order valence-corrected chi connectivity index (χ2v) is 10.1. The first-order chi connectivity index (χ1) is 7.51. The van der Waals surface area contributed by atoms with Crippen molar-refractivity contribution in [2.24, 2.45) is 0 Å². The van der Waals surface area contributed by atoms with Crippen molar-refractivity contribution in [3.8, 4) is 5.75 Å². The highest BCUT2D eigenvalue weighted by Crippen LogP contribution is 2.43. The van der Waals surface area contributed by atoms with E-state index < -0.39 is 16.9 Å². The van der Waals surface area contributed by atoms with Crippen molar-refractivity contribution in [2.45, 2.75) is 26.6 Å². The molecule has 0 saturated carbocycles. The lowest BCUT2D eigenvalue weighted by Crippen LogP contribution is -2.23. The SMILES string of the molecule is CCOP(Oc1ccccc1)O[Si](C)(C)C. The maximum absolute atomic E-state index is 5.84. The van der Waals surface area contributed by atoms with Gasteiger partial charge >= 0.3 is 8.60 Å². The first kappa shape index (κ1) is 13.7. The zero-order valence-corrected chi connectivity index (χ0v) is 12.2. The van der Waals surface area contributed by atoms with Gasteiger partial charge in [-0.1, -0.05) is 18.2 Å². The Hall–Kier alpha value is -0.413. The molecule has 1 unspecified atom stereocenters. The van der Waals surface area contributed by atoms with Crippen LogP contribution in [0.3, 0.4) is 0 Å². The third kappa shape index (κ3) is 5.61. The second kappa shape index (κ2) is 6.35. The molecule has 0 bridgehead atoms. The molecule has 90 valence electrons. The Morgan fingerprint density at radius 1 is 1.12 bits per heavy atom. The van der Waals surface area contributed by atoms with Gasteiger partial charge in [0.05, 0.1) is 6.61 Å². The Kier molecular flexibility index (Phi) is 5.42. The Labute approximate surface area is 99.9 Å². The lowest BCUT2D eigenvalue weighted by molar-refractivity contribution is 0.278. The normalized spacial score (nSPS) is 13.5. The minimum atomic E-state index is -1.63. The topological polar surface area (TPSA) is 27.7 Å². The van der Waals surface area contributed by atoms with Gasteiger partial charge in [0.2, 0.25) is 0 Å². The molecule has 16 heavy (non-hydrogen) atoms. The number of para-hydroxylation sites is 1. The van der Waals surface area contributed by atoms with Gasteiger partial charge in [0, 0.05) is 0 Å². The van der Waals surface area contributed by atoms with Gasteiger partial charge < -0.3 is 13.3 Å². The predicted octanol–water partition coefficient (Wildman–Crippen LogP) is 4.18. The summed E-state index contributed by atoms with van der Waals surface area (Å²) < 4.78 is 17.0. The van der Waals surface area contributed by atoms with Crippen LogP contribution in [-0.4, -0.2) is 14.9 Å². The fraction of sp³-hybridized carbons (Fsp3) is 0.455. The fourth-order valence-corrected chi connectivity index (χ4v) is 3.67. The molecule has 1 aromatic rings. The molecule has 0 saturated heterocycles. The zero-order chi connectivity index (χ0) is 12.0. The first-order valence-corrected chi connectivity index (χ1v) is 9.87. The van der Waals surface area contributed by atoms with Crippen LogP contribution in [0.4, 0.5) is 0 Å². The summed E-state index contributed by atoms with van der Waals surface area (Å²) in [5, 5.41) is 0. The molecule has 0 aromatic heterocycles. The zero-order valence-electron chi connectivity index (χ0n) is 10.3. The number of hydrogen-bond acceptors (Lipinski definition) is 3. The largest absolute Gasteiger partial charge is 0.427 e. The number of rotatable bonds is 6. The molecule has 0 amide bonds. The lowest BCUT2D eigenvalue weighted by atomic mass is 10.3. The summed E-state index contributed by atoms with van der Waals surface area (Å²) in [7, 11) is -2.90. The molecule has 5 heteroatoms.